The van der Waals surface area contributed by atoms with Gasteiger partial charge in [0.25, 0.3) is 0 Å². The van der Waals surface area contributed by atoms with Crippen LogP contribution in [0.1, 0.15) is 11.1 Å². The molecule has 0 atom stereocenters. The van der Waals surface area contributed by atoms with E-state index in [4.69, 9.17) is 16.9 Å². The molecule has 1 aromatic carbocycles. The van der Waals surface area contributed by atoms with Crippen molar-refractivity contribution in [3.05, 3.63) is 58.9 Å². The fourth-order valence-electron chi connectivity index (χ4n) is 1.62. The lowest BCUT2D eigenvalue weighted by molar-refractivity contribution is 1.00. The third-order valence-corrected chi connectivity index (χ3v) is 2.88. The molecule has 3 nitrogen and oxygen atoms in total. The van der Waals surface area contributed by atoms with Gasteiger partial charge in [0, 0.05) is 18.9 Å². The summed E-state index contributed by atoms with van der Waals surface area (Å²) in [5.74, 6) is 0. The molecule has 1 N–H and O–H groups in total. The van der Waals surface area contributed by atoms with Crippen molar-refractivity contribution in [2.24, 2.45) is 0 Å². The molecule has 0 unspecified atom stereocenters. The first-order chi connectivity index (χ1) is 8.79. The lowest BCUT2D eigenvalue weighted by Gasteiger charge is -2.08. The van der Waals surface area contributed by atoms with Crippen LogP contribution in [-0.2, 0) is 6.42 Å². The highest BCUT2D eigenvalue weighted by Crippen LogP contribution is 2.22. The Morgan fingerprint density at radius 2 is 2.22 bits per heavy atom. The maximum Gasteiger partial charge on any atom is 0.0992 e. The molecule has 0 fully saturated rings. The molecule has 0 saturated carbocycles. The molecule has 0 aliphatic heterocycles. The van der Waals surface area contributed by atoms with Crippen molar-refractivity contribution in [1.82, 2.24) is 4.98 Å². The number of hydrogen-bond acceptors (Lipinski definition) is 3. The van der Waals surface area contributed by atoms with Gasteiger partial charge in [-0.1, -0.05) is 17.7 Å². The number of nitriles is 1. The molecule has 0 amide bonds. The van der Waals surface area contributed by atoms with Gasteiger partial charge in [-0.25, -0.2) is 0 Å². The van der Waals surface area contributed by atoms with Crippen molar-refractivity contribution < 1.29 is 0 Å². The van der Waals surface area contributed by atoms with E-state index >= 15 is 0 Å². The topological polar surface area (TPSA) is 48.7 Å². The van der Waals surface area contributed by atoms with Crippen LogP contribution in [0.25, 0.3) is 0 Å². The highest BCUT2D eigenvalue weighted by Gasteiger charge is 2.01. The van der Waals surface area contributed by atoms with Gasteiger partial charge in [-0.15, -0.1) is 0 Å². The highest BCUT2D eigenvalue weighted by atomic mass is 35.5. The van der Waals surface area contributed by atoms with Crippen LogP contribution in [0.15, 0.2) is 42.7 Å². The predicted molar refractivity (Wildman–Crippen MR) is 72.6 cm³/mol. The normalized spacial score (nSPS) is 9.78. The fourth-order valence-corrected chi connectivity index (χ4v) is 1.80. The molecular weight excluding hydrogens is 246 g/mol. The summed E-state index contributed by atoms with van der Waals surface area (Å²) < 4.78 is 0. The van der Waals surface area contributed by atoms with Crippen molar-refractivity contribution in [3.63, 3.8) is 0 Å². The summed E-state index contributed by atoms with van der Waals surface area (Å²) in [4.78, 5) is 4.06. The standard InChI is InChI=1S/C14H12ClN3/c15-13-4-3-12(9-16)8-14(13)18-7-5-11-2-1-6-17-10-11/h1-4,6,8,10,18H,5,7H2. The van der Waals surface area contributed by atoms with Gasteiger partial charge in [0.05, 0.1) is 22.3 Å². The summed E-state index contributed by atoms with van der Waals surface area (Å²) in [6.45, 7) is 0.750. The smallest absolute Gasteiger partial charge is 0.0992 e. The first-order valence-electron chi connectivity index (χ1n) is 5.62. The van der Waals surface area contributed by atoms with Crippen LogP contribution in [0.4, 0.5) is 5.69 Å². The summed E-state index contributed by atoms with van der Waals surface area (Å²) in [6.07, 6.45) is 4.46. The van der Waals surface area contributed by atoms with Crippen LogP contribution in [0, 0.1) is 11.3 Å². The molecule has 0 aliphatic carbocycles. The van der Waals surface area contributed by atoms with E-state index in [0.29, 0.717) is 10.6 Å². The maximum atomic E-state index is 8.83. The van der Waals surface area contributed by atoms with Gasteiger partial charge in [-0.2, -0.15) is 5.26 Å². The second-order valence-electron chi connectivity index (χ2n) is 3.84. The van der Waals surface area contributed by atoms with Crippen molar-refractivity contribution >= 4 is 17.3 Å². The Bertz CT molecular complexity index is 561. The molecule has 90 valence electrons. The maximum absolute atomic E-state index is 8.83. The van der Waals surface area contributed by atoms with Crippen LogP contribution in [0.5, 0.6) is 0 Å². The van der Waals surface area contributed by atoms with Crippen molar-refractivity contribution in [3.8, 4) is 6.07 Å². The Morgan fingerprint density at radius 1 is 1.33 bits per heavy atom. The zero-order valence-electron chi connectivity index (χ0n) is 9.73. The number of nitrogens with zero attached hydrogens (tertiary/aromatic N) is 2. The van der Waals surface area contributed by atoms with Crippen molar-refractivity contribution in [2.45, 2.75) is 6.42 Å². The van der Waals surface area contributed by atoms with Gasteiger partial charge in [-0.3, -0.25) is 4.98 Å². The minimum Gasteiger partial charge on any atom is -0.383 e. The van der Waals surface area contributed by atoms with Crippen LogP contribution < -0.4 is 5.32 Å². The molecule has 18 heavy (non-hydrogen) atoms. The van der Waals surface area contributed by atoms with Crippen LogP contribution >= 0.6 is 11.6 Å². The number of nitrogens with one attached hydrogen (secondary N) is 1. The average Bonchev–Trinajstić information content (AvgIpc) is 2.42. The van der Waals surface area contributed by atoms with Gasteiger partial charge in [0.1, 0.15) is 0 Å². The van der Waals surface area contributed by atoms with Gasteiger partial charge in [0.15, 0.2) is 0 Å². The van der Waals surface area contributed by atoms with E-state index in [0.717, 1.165) is 24.2 Å². The predicted octanol–water partition coefficient (Wildman–Crippen LogP) is 3.26. The Labute approximate surface area is 111 Å². The molecule has 4 heteroatoms. The Balaban J connectivity index is 1.96. The molecule has 0 bridgehead atoms. The highest BCUT2D eigenvalue weighted by molar-refractivity contribution is 6.33. The van der Waals surface area contributed by atoms with Gasteiger partial charge < -0.3 is 5.32 Å². The largest absolute Gasteiger partial charge is 0.383 e. The van der Waals surface area contributed by atoms with E-state index < -0.39 is 0 Å². The molecule has 0 aliphatic rings. The van der Waals surface area contributed by atoms with E-state index in [1.807, 2.05) is 18.3 Å². The second-order valence-corrected chi connectivity index (χ2v) is 4.25. The number of halogens is 1. The van der Waals surface area contributed by atoms with E-state index in [1.54, 1.807) is 24.4 Å². The van der Waals surface area contributed by atoms with Crippen LogP contribution in [-0.4, -0.2) is 11.5 Å². The molecule has 2 aromatic rings. The number of aromatic nitrogens is 1. The summed E-state index contributed by atoms with van der Waals surface area (Å²) in [6, 6.07) is 11.2. The Hall–Kier alpha value is -2.05. The third kappa shape index (κ3) is 3.22. The summed E-state index contributed by atoms with van der Waals surface area (Å²) in [7, 11) is 0. The SMILES string of the molecule is N#Cc1ccc(Cl)c(NCCc2cccnc2)c1. The monoisotopic (exact) mass is 257 g/mol. The van der Waals surface area contributed by atoms with Crippen LogP contribution in [0.3, 0.4) is 0 Å². The third-order valence-electron chi connectivity index (χ3n) is 2.55. The van der Waals surface area contributed by atoms with Crippen molar-refractivity contribution in [1.29, 1.82) is 5.26 Å². The summed E-state index contributed by atoms with van der Waals surface area (Å²) in [5.41, 5.74) is 2.56. The molecule has 1 heterocycles. The molecule has 2 rings (SSSR count). The minimum atomic E-state index is 0.600. The van der Waals surface area contributed by atoms with Gasteiger partial charge >= 0.3 is 0 Å². The van der Waals surface area contributed by atoms with E-state index in [1.165, 1.54) is 0 Å². The number of anilines is 1. The Kier molecular flexibility index (Phi) is 4.16. The average molecular weight is 258 g/mol. The quantitative estimate of drug-likeness (QED) is 0.915. The van der Waals surface area contributed by atoms with E-state index in [2.05, 4.69) is 16.4 Å². The van der Waals surface area contributed by atoms with Crippen molar-refractivity contribution in [2.75, 3.05) is 11.9 Å². The number of hydrogen-bond donors (Lipinski definition) is 1. The molecule has 0 radical (unpaired) electrons. The van der Waals surface area contributed by atoms with Gasteiger partial charge in [-0.05, 0) is 36.2 Å². The number of benzene rings is 1. The van der Waals surface area contributed by atoms with E-state index in [-0.39, 0.29) is 0 Å². The fraction of sp³-hybridized carbons (Fsp3) is 0.143. The first-order valence-corrected chi connectivity index (χ1v) is 6.00. The minimum absolute atomic E-state index is 0.600. The lowest BCUT2D eigenvalue weighted by Crippen LogP contribution is -2.05. The lowest BCUT2D eigenvalue weighted by atomic mass is 10.2. The summed E-state index contributed by atoms with van der Waals surface area (Å²) in [5, 5.41) is 12.7. The zero-order valence-corrected chi connectivity index (χ0v) is 10.5. The first kappa shape index (κ1) is 12.4. The Morgan fingerprint density at radius 3 is 2.94 bits per heavy atom. The second kappa shape index (κ2) is 6.04. The zero-order chi connectivity index (χ0) is 12.8. The number of rotatable bonds is 4. The molecule has 0 saturated heterocycles. The van der Waals surface area contributed by atoms with E-state index in [9.17, 15) is 0 Å². The van der Waals surface area contributed by atoms with Crippen LogP contribution in [0.2, 0.25) is 5.02 Å². The molecular formula is C14H12ClN3. The number of pyridine rings is 1. The molecule has 1 aromatic heterocycles. The summed E-state index contributed by atoms with van der Waals surface area (Å²) >= 11 is 6.05. The molecule has 0 spiro atoms. The van der Waals surface area contributed by atoms with Gasteiger partial charge in [0.2, 0.25) is 0 Å².